The van der Waals surface area contributed by atoms with E-state index in [0.29, 0.717) is 11.8 Å². The molecule has 2 rings (SSSR count). The number of hydrogen-bond donors (Lipinski definition) is 1. The van der Waals surface area contributed by atoms with Crippen LogP contribution >= 0.6 is 23.4 Å². The van der Waals surface area contributed by atoms with Gasteiger partial charge in [0.05, 0.1) is 10.7 Å². The quantitative estimate of drug-likeness (QED) is 0.913. The highest BCUT2D eigenvalue weighted by Crippen LogP contribution is 2.18. The molecule has 1 atom stereocenters. The molecule has 0 aliphatic carbocycles. The Balaban J connectivity index is 2.13. The van der Waals surface area contributed by atoms with Crippen LogP contribution in [0.3, 0.4) is 0 Å². The maximum Gasteiger partial charge on any atom is 0.137 e. The van der Waals surface area contributed by atoms with Crippen LogP contribution in [-0.4, -0.2) is 21.2 Å². The molecule has 2 N–H and O–H groups in total. The second kappa shape index (κ2) is 5.08. The second-order valence-corrected chi connectivity index (χ2v) is 5.57. The van der Waals surface area contributed by atoms with Gasteiger partial charge in [-0.3, -0.25) is 0 Å². The van der Waals surface area contributed by atoms with Gasteiger partial charge in [0.15, 0.2) is 0 Å². The van der Waals surface area contributed by atoms with E-state index in [1.165, 1.54) is 0 Å². The Kier molecular flexibility index (Phi) is 3.74. The van der Waals surface area contributed by atoms with Crippen molar-refractivity contribution in [2.45, 2.75) is 17.9 Å². The molecule has 16 heavy (non-hydrogen) atoms. The van der Waals surface area contributed by atoms with E-state index in [9.17, 15) is 0 Å². The summed E-state index contributed by atoms with van der Waals surface area (Å²) in [6.45, 7) is 2.82. The molecule has 5 heteroatoms. The fourth-order valence-corrected chi connectivity index (χ4v) is 2.28. The van der Waals surface area contributed by atoms with Crippen molar-refractivity contribution in [2.24, 2.45) is 5.73 Å². The van der Waals surface area contributed by atoms with Crippen LogP contribution < -0.4 is 5.73 Å². The zero-order chi connectivity index (χ0) is 11.5. The average Bonchev–Trinajstić information content (AvgIpc) is 2.67. The molecule has 0 fully saturated rings. The molecule has 86 valence electrons. The van der Waals surface area contributed by atoms with E-state index in [-0.39, 0.29) is 0 Å². The predicted octanol–water partition coefficient (Wildman–Crippen LogP) is 2.57. The van der Waals surface area contributed by atoms with Gasteiger partial charge in [0, 0.05) is 29.9 Å². The Labute approximate surface area is 104 Å². The van der Waals surface area contributed by atoms with Crippen molar-refractivity contribution in [1.82, 2.24) is 9.38 Å². The first-order valence-corrected chi connectivity index (χ1v) is 6.56. The van der Waals surface area contributed by atoms with E-state index < -0.39 is 0 Å². The highest BCUT2D eigenvalue weighted by Gasteiger charge is 2.04. The lowest BCUT2D eigenvalue weighted by Crippen LogP contribution is -2.12. The summed E-state index contributed by atoms with van der Waals surface area (Å²) in [4.78, 5) is 4.50. The van der Waals surface area contributed by atoms with Gasteiger partial charge in [-0.1, -0.05) is 18.5 Å². The fraction of sp³-hybridized carbons (Fsp3) is 0.364. The van der Waals surface area contributed by atoms with Crippen molar-refractivity contribution in [3.63, 3.8) is 0 Å². The topological polar surface area (TPSA) is 43.3 Å². The van der Waals surface area contributed by atoms with Gasteiger partial charge in [-0.2, -0.15) is 11.8 Å². The molecule has 0 aliphatic rings. The highest BCUT2D eigenvalue weighted by molar-refractivity contribution is 7.99. The molecule has 0 bridgehead atoms. The van der Waals surface area contributed by atoms with Crippen molar-refractivity contribution in [3.8, 4) is 0 Å². The number of imidazole rings is 1. The summed E-state index contributed by atoms with van der Waals surface area (Å²) >= 11 is 7.72. The molecular weight excluding hydrogens is 242 g/mol. The van der Waals surface area contributed by atoms with Crippen LogP contribution in [0, 0.1) is 0 Å². The molecular formula is C11H14ClN3S. The van der Waals surface area contributed by atoms with Gasteiger partial charge in [-0.25, -0.2) is 4.98 Å². The first-order valence-electron chi connectivity index (χ1n) is 5.14. The Morgan fingerprint density at radius 3 is 3.06 bits per heavy atom. The minimum atomic E-state index is 0.466. The van der Waals surface area contributed by atoms with Crippen LogP contribution in [-0.2, 0) is 5.75 Å². The summed E-state index contributed by atoms with van der Waals surface area (Å²) < 4.78 is 1.95. The van der Waals surface area contributed by atoms with Crippen LogP contribution in [0.15, 0.2) is 24.5 Å². The van der Waals surface area contributed by atoms with E-state index in [1.54, 1.807) is 0 Å². The number of hydrogen-bond acceptors (Lipinski definition) is 3. The second-order valence-electron chi connectivity index (χ2n) is 3.70. The third-order valence-electron chi connectivity index (χ3n) is 2.31. The first-order chi connectivity index (χ1) is 7.69. The summed E-state index contributed by atoms with van der Waals surface area (Å²) in [5.74, 6) is 0.887. The summed E-state index contributed by atoms with van der Waals surface area (Å²) in [6, 6.07) is 3.77. The summed E-state index contributed by atoms with van der Waals surface area (Å²) in [7, 11) is 0. The third kappa shape index (κ3) is 2.70. The van der Waals surface area contributed by atoms with E-state index in [4.69, 9.17) is 17.3 Å². The van der Waals surface area contributed by atoms with Crippen molar-refractivity contribution < 1.29 is 0 Å². The van der Waals surface area contributed by atoms with Crippen LogP contribution in [0.2, 0.25) is 5.02 Å². The zero-order valence-corrected chi connectivity index (χ0v) is 10.6. The number of fused-ring (bicyclic) bond motifs is 1. The average molecular weight is 256 g/mol. The Hall–Kier alpha value is -0.710. The minimum absolute atomic E-state index is 0.466. The van der Waals surface area contributed by atoms with Crippen molar-refractivity contribution in [1.29, 1.82) is 0 Å². The van der Waals surface area contributed by atoms with Crippen molar-refractivity contribution in [2.75, 3.05) is 6.54 Å². The lowest BCUT2D eigenvalue weighted by atomic mass is 10.5. The largest absolute Gasteiger partial charge is 0.329 e. The number of aromatic nitrogens is 2. The predicted molar refractivity (Wildman–Crippen MR) is 70.0 cm³/mol. The van der Waals surface area contributed by atoms with E-state index >= 15 is 0 Å². The van der Waals surface area contributed by atoms with Gasteiger partial charge in [0.2, 0.25) is 0 Å². The SMILES string of the molecule is CC(CN)SCc1cn2cc(Cl)ccc2n1. The number of thioether (sulfide) groups is 1. The molecule has 0 radical (unpaired) electrons. The van der Waals surface area contributed by atoms with Gasteiger partial charge < -0.3 is 10.1 Å². The van der Waals surface area contributed by atoms with Crippen molar-refractivity contribution in [3.05, 3.63) is 35.2 Å². The van der Waals surface area contributed by atoms with Crippen molar-refractivity contribution >= 4 is 29.0 Å². The minimum Gasteiger partial charge on any atom is -0.329 e. The Morgan fingerprint density at radius 2 is 2.31 bits per heavy atom. The van der Waals surface area contributed by atoms with Gasteiger partial charge in [-0.05, 0) is 12.1 Å². The van der Waals surface area contributed by atoms with Crippen LogP contribution in [0.1, 0.15) is 12.6 Å². The molecule has 2 aromatic rings. The lowest BCUT2D eigenvalue weighted by molar-refractivity contribution is 0.949. The molecule has 0 saturated carbocycles. The maximum atomic E-state index is 5.91. The van der Waals surface area contributed by atoms with Crippen LogP contribution in [0.5, 0.6) is 0 Å². The fourth-order valence-electron chi connectivity index (χ4n) is 1.38. The summed E-state index contributed by atoms with van der Waals surface area (Å²) in [5.41, 5.74) is 7.56. The number of nitrogens with two attached hydrogens (primary N) is 1. The zero-order valence-electron chi connectivity index (χ0n) is 9.06. The van der Waals surface area contributed by atoms with E-state index in [0.717, 1.165) is 22.1 Å². The molecule has 3 nitrogen and oxygen atoms in total. The van der Waals surface area contributed by atoms with Crippen LogP contribution in [0.25, 0.3) is 5.65 Å². The molecule has 0 saturated heterocycles. The van der Waals surface area contributed by atoms with E-state index in [1.807, 2.05) is 40.7 Å². The monoisotopic (exact) mass is 255 g/mol. The summed E-state index contributed by atoms with van der Waals surface area (Å²) in [6.07, 6.45) is 3.88. The smallest absolute Gasteiger partial charge is 0.137 e. The Bertz CT molecular complexity index is 483. The number of halogens is 1. The normalized spacial score (nSPS) is 13.2. The molecule has 0 aromatic carbocycles. The maximum absolute atomic E-state index is 5.91. The molecule has 0 spiro atoms. The summed E-state index contributed by atoms with van der Waals surface area (Å²) in [5, 5.41) is 1.19. The van der Waals surface area contributed by atoms with Gasteiger partial charge in [-0.15, -0.1) is 0 Å². The molecule has 2 heterocycles. The number of rotatable bonds is 4. The molecule has 1 unspecified atom stereocenters. The standard InChI is InChI=1S/C11H14ClN3S/c1-8(4-13)16-7-10-6-15-5-9(12)2-3-11(15)14-10/h2-3,5-6,8H,4,7,13H2,1H3. The molecule has 0 aliphatic heterocycles. The number of nitrogens with zero attached hydrogens (tertiary/aromatic N) is 2. The lowest BCUT2D eigenvalue weighted by Gasteiger charge is -2.05. The van der Waals surface area contributed by atoms with Gasteiger partial charge in [0.25, 0.3) is 0 Å². The highest BCUT2D eigenvalue weighted by atomic mass is 35.5. The van der Waals surface area contributed by atoms with Crippen LogP contribution in [0.4, 0.5) is 0 Å². The molecule has 0 amide bonds. The number of pyridine rings is 1. The third-order valence-corrected chi connectivity index (χ3v) is 3.76. The van der Waals surface area contributed by atoms with Gasteiger partial charge in [0.1, 0.15) is 5.65 Å². The Morgan fingerprint density at radius 1 is 1.50 bits per heavy atom. The van der Waals surface area contributed by atoms with E-state index in [2.05, 4.69) is 11.9 Å². The van der Waals surface area contributed by atoms with Gasteiger partial charge >= 0.3 is 0 Å². The molecule has 2 aromatic heterocycles. The first kappa shape index (κ1) is 11.8.